The van der Waals surface area contributed by atoms with Crippen molar-refractivity contribution in [1.82, 2.24) is 4.90 Å². The molecule has 0 spiro atoms. The number of fused-ring (bicyclic) bond motifs is 2. The minimum atomic E-state index is -2.84. The number of nitrogens with two attached hydrogens (primary N) is 1. The van der Waals surface area contributed by atoms with Crippen LogP contribution in [0, 0.1) is 0 Å². The molecule has 1 amide bonds. The van der Waals surface area contributed by atoms with E-state index in [4.69, 9.17) is 5.73 Å². The van der Waals surface area contributed by atoms with Gasteiger partial charge in [0.05, 0.1) is 0 Å². The fraction of sp³-hybridized carbons (Fsp3) is 0.455. The summed E-state index contributed by atoms with van der Waals surface area (Å²) < 4.78 is 26.3. The Morgan fingerprint density at radius 1 is 1.24 bits per heavy atom. The number of halogens is 2. The summed E-state index contributed by atoms with van der Waals surface area (Å²) in [6, 6.07) is 7.92. The minimum absolute atomic E-state index is 0.0347. The summed E-state index contributed by atoms with van der Waals surface area (Å²) >= 11 is 0. The van der Waals surface area contributed by atoms with Crippen molar-refractivity contribution in [3.05, 3.63) is 53.9 Å². The van der Waals surface area contributed by atoms with Gasteiger partial charge < -0.3 is 15.5 Å². The SMILES string of the molecule is C=C(/N=C\C=C(/C)C(C)(F)F)N1CC2CC1CN2c1ccc(C(N)=O)cc1.CC. The van der Waals surface area contributed by atoms with Gasteiger partial charge in [-0.2, -0.15) is 0 Å². The number of alkyl halides is 2. The van der Waals surface area contributed by atoms with Crippen LogP contribution in [0.4, 0.5) is 14.5 Å². The van der Waals surface area contributed by atoms with Crippen molar-refractivity contribution < 1.29 is 13.6 Å². The molecule has 2 aliphatic rings. The van der Waals surface area contributed by atoms with Crippen LogP contribution in [0.3, 0.4) is 0 Å². The lowest BCUT2D eigenvalue weighted by Gasteiger charge is -2.36. The van der Waals surface area contributed by atoms with E-state index in [1.807, 2.05) is 26.0 Å². The average Bonchev–Trinajstić information content (AvgIpc) is 3.29. The number of aliphatic imine (C=N–C) groups is 1. The summed E-state index contributed by atoms with van der Waals surface area (Å²) in [5.41, 5.74) is 6.80. The molecular weight excluding hydrogens is 374 g/mol. The van der Waals surface area contributed by atoms with Crippen LogP contribution in [0.15, 0.2) is 53.3 Å². The Morgan fingerprint density at radius 2 is 1.86 bits per heavy atom. The van der Waals surface area contributed by atoms with E-state index in [0.29, 0.717) is 17.4 Å². The van der Waals surface area contributed by atoms with Crippen molar-refractivity contribution in [2.45, 2.75) is 52.1 Å². The number of carbonyl (C=O) groups excluding carboxylic acids is 1. The number of carbonyl (C=O) groups is 1. The van der Waals surface area contributed by atoms with Gasteiger partial charge in [-0.05, 0) is 49.3 Å². The number of allylic oxidation sites excluding steroid dienone is 2. The molecule has 2 atom stereocenters. The van der Waals surface area contributed by atoms with E-state index in [-0.39, 0.29) is 11.6 Å². The maximum absolute atomic E-state index is 13.1. The molecule has 0 saturated carbocycles. The number of nitrogens with zero attached hydrogens (tertiary/aromatic N) is 3. The third-order valence-corrected chi connectivity index (χ3v) is 5.30. The molecule has 0 aromatic heterocycles. The Labute approximate surface area is 171 Å². The van der Waals surface area contributed by atoms with Gasteiger partial charge in [0.2, 0.25) is 5.91 Å². The molecule has 158 valence electrons. The van der Waals surface area contributed by atoms with Gasteiger partial charge in [-0.3, -0.25) is 4.79 Å². The largest absolute Gasteiger partial charge is 0.366 e. The summed E-state index contributed by atoms with van der Waals surface area (Å²) in [4.78, 5) is 19.9. The normalized spacial score (nSPS) is 21.4. The Bertz CT molecular complexity index is 796. The molecule has 5 nitrogen and oxygen atoms in total. The minimum Gasteiger partial charge on any atom is -0.366 e. The molecule has 0 radical (unpaired) electrons. The van der Waals surface area contributed by atoms with E-state index in [1.54, 1.807) is 12.1 Å². The number of hydrogen-bond donors (Lipinski definition) is 1. The van der Waals surface area contributed by atoms with Crippen molar-refractivity contribution in [2.24, 2.45) is 10.7 Å². The van der Waals surface area contributed by atoms with Crippen LogP contribution in [0.5, 0.6) is 0 Å². The smallest absolute Gasteiger partial charge is 0.266 e. The summed E-state index contributed by atoms with van der Waals surface area (Å²) in [6.07, 6.45) is 3.71. The molecule has 1 aromatic carbocycles. The molecule has 2 saturated heterocycles. The third-order valence-electron chi connectivity index (χ3n) is 5.30. The highest BCUT2D eigenvalue weighted by molar-refractivity contribution is 5.93. The second-order valence-electron chi connectivity index (χ2n) is 7.19. The molecule has 2 aliphatic heterocycles. The van der Waals surface area contributed by atoms with Crippen LogP contribution >= 0.6 is 0 Å². The number of hydrogen-bond acceptors (Lipinski definition) is 4. The molecule has 2 heterocycles. The van der Waals surface area contributed by atoms with Crippen LogP contribution in [0.1, 0.15) is 44.5 Å². The fourth-order valence-corrected chi connectivity index (χ4v) is 3.57. The number of piperazine rings is 1. The summed E-state index contributed by atoms with van der Waals surface area (Å²) in [5, 5.41) is 0. The molecule has 3 rings (SSSR count). The van der Waals surface area contributed by atoms with Crippen molar-refractivity contribution in [2.75, 3.05) is 18.0 Å². The van der Waals surface area contributed by atoms with Crippen molar-refractivity contribution in [3.8, 4) is 0 Å². The van der Waals surface area contributed by atoms with Gasteiger partial charge in [0.25, 0.3) is 5.92 Å². The van der Waals surface area contributed by atoms with Gasteiger partial charge in [0.1, 0.15) is 5.82 Å². The quantitative estimate of drug-likeness (QED) is 0.722. The predicted octanol–water partition coefficient (Wildman–Crippen LogP) is 4.22. The fourth-order valence-electron chi connectivity index (χ4n) is 3.57. The van der Waals surface area contributed by atoms with Gasteiger partial charge in [0.15, 0.2) is 0 Å². The van der Waals surface area contributed by atoms with Gasteiger partial charge in [-0.25, -0.2) is 13.8 Å². The lowest BCUT2D eigenvalue weighted by molar-refractivity contribution is 0.0637. The number of rotatable bonds is 6. The molecule has 2 unspecified atom stereocenters. The third kappa shape index (κ3) is 5.22. The van der Waals surface area contributed by atoms with E-state index >= 15 is 0 Å². The first kappa shape index (κ1) is 22.6. The summed E-state index contributed by atoms with van der Waals surface area (Å²) in [7, 11) is 0. The first-order valence-corrected chi connectivity index (χ1v) is 9.88. The molecule has 1 aromatic rings. The van der Waals surface area contributed by atoms with Crippen LogP contribution in [-0.2, 0) is 0 Å². The lowest BCUT2D eigenvalue weighted by Crippen LogP contribution is -2.45. The molecule has 0 aliphatic carbocycles. The Kier molecular flexibility index (Phi) is 7.16. The zero-order chi connectivity index (χ0) is 21.8. The van der Waals surface area contributed by atoms with Crippen LogP contribution < -0.4 is 10.6 Å². The molecule has 2 bridgehead atoms. The van der Waals surface area contributed by atoms with E-state index in [0.717, 1.165) is 32.1 Å². The number of anilines is 1. The van der Waals surface area contributed by atoms with Crippen molar-refractivity contribution in [1.29, 1.82) is 0 Å². The zero-order valence-electron chi connectivity index (χ0n) is 17.5. The van der Waals surface area contributed by atoms with Crippen molar-refractivity contribution in [3.63, 3.8) is 0 Å². The highest BCUT2D eigenvalue weighted by Gasteiger charge is 2.43. The van der Waals surface area contributed by atoms with E-state index in [9.17, 15) is 13.6 Å². The van der Waals surface area contributed by atoms with Crippen LogP contribution in [0.25, 0.3) is 0 Å². The molecule has 29 heavy (non-hydrogen) atoms. The monoisotopic (exact) mass is 404 g/mol. The standard InChI is InChI=1S/C20H24F2N4O.C2H6/c1-13(20(3,21)22)8-9-24-14(2)25-11-18-10-17(25)12-26(18)16-6-4-15(5-7-16)19(23)27;1-2/h4-9,17-18H,2,10-12H2,1,3H3,(H2,23,27);1-2H3/b13-8+,24-9-;. The van der Waals surface area contributed by atoms with E-state index < -0.39 is 11.8 Å². The topological polar surface area (TPSA) is 61.9 Å². The highest BCUT2D eigenvalue weighted by atomic mass is 19.3. The molecule has 2 fully saturated rings. The Morgan fingerprint density at radius 3 is 2.34 bits per heavy atom. The maximum atomic E-state index is 13.1. The average molecular weight is 405 g/mol. The summed E-state index contributed by atoms with van der Waals surface area (Å²) in [5.74, 6) is -2.69. The first-order valence-electron chi connectivity index (χ1n) is 9.88. The lowest BCUT2D eigenvalue weighted by atomic mass is 10.1. The maximum Gasteiger partial charge on any atom is 0.266 e. The summed E-state index contributed by atoms with van der Waals surface area (Å²) in [6.45, 7) is 11.8. The van der Waals surface area contributed by atoms with Crippen LogP contribution in [-0.4, -0.2) is 48.1 Å². The van der Waals surface area contributed by atoms with Gasteiger partial charge in [-0.15, -0.1) is 0 Å². The number of primary amides is 1. The number of benzene rings is 1. The second-order valence-corrected chi connectivity index (χ2v) is 7.19. The number of amides is 1. The molecule has 2 N–H and O–H groups in total. The second kappa shape index (κ2) is 9.20. The molecule has 7 heteroatoms. The van der Waals surface area contributed by atoms with Gasteiger partial charge >= 0.3 is 0 Å². The predicted molar refractivity (Wildman–Crippen MR) is 115 cm³/mol. The Balaban J connectivity index is 0.00000145. The highest BCUT2D eigenvalue weighted by Crippen LogP contribution is 2.36. The number of likely N-dealkylation sites (tertiary alicyclic amines) is 1. The van der Waals surface area contributed by atoms with E-state index in [1.165, 1.54) is 19.2 Å². The Hall–Kier alpha value is -2.70. The van der Waals surface area contributed by atoms with E-state index in [2.05, 4.69) is 21.4 Å². The van der Waals surface area contributed by atoms with Crippen LogP contribution in [0.2, 0.25) is 0 Å². The van der Waals surface area contributed by atoms with Gasteiger partial charge in [-0.1, -0.05) is 20.4 Å². The first-order chi connectivity index (χ1) is 13.7. The van der Waals surface area contributed by atoms with Gasteiger partial charge in [0, 0.05) is 49.6 Å². The molecular formula is C22H30F2N4O. The zero-order valence-corrected chi connectivity index (χ0v) is 17.5. The van der Waals surface area contributed by atoms with Crippen molar-refractivity contribution >= 4 is 17.8 Å².